The average molecular weight is 1560 g/mol. The lowest BCUT2D eigenvalue weighted by Crippen LogP contribution is -2.13. The molecule has 0 saturated carbocycles. The first kappa shape index (κ1) is 78.6. The summed E-state index contributed by atoms with van der Waals surface area (Å²) in [4.78, 5) is 33.2. The second-order valence-corrected chi connectivity index (χ2v) is 34.1. The predicted octanol–water partition coefficient (Wildman–Crippen LogP) is 31.3. The van der Waals surface area contributed by atoms with Crippen molar-refractivity contribution in [2.75, 3.05) is 0 Å². The van der Waals surface area contributed by atoms with E-state index in [4.69, 9.17) is 57.8 Å². The first-order chi connectivity index (χ1) is 57.3. The monoisotopic (exact) mass is 1560 g/mol. The highest BCUT2D eigenvalue weighted by Crippen LogP contribution is 2.60. The van der Waals surface area contributed by atoms with Crippen molar-refractivity contribution in [3.8, 4) is 92.0 Å². The number of nitrogens with zero attached hydrogens (tertiary/aromatic N) is 4. The molecular formula is C100H120N8O8. The van der Waals surface area contributed by atoms with Gasteiger partial charge in [-0.15, -0.1) is 0 Å². The molecule has 608 valence electrons. The van der Waals surface area contributed by atoms with Gasteiger partial charge in [-0.1, -0.05) is 259 Å². The standard InChI is InChI=1S/C100H120N8O8/c1-5-9-13-17-21-25-29-33-37-41-65-69-45-71-66(42-38-34-30-26-22-18-14-10-6-2)73-47-75-68(44-40-36-32-28-24-20-16-12-8-4)76-48-74-67(43-39-35-31-27-23-19-15-11-7-3)72-46-70(65)86-58-88(72)112-96-52-80-82(106-63-104-80)54-98(96)114-90(74)60-92(76)116-100-56-84-83(107-64-108-84)55-99(100)115-91(75)59-89(73)113-97-53-81-79(103-62-105-81)51-95(97)111-87(71)57-85(69)109-93-49-77-78(102-61-101-77)50-94(93)110-86/h45-68H,5-44H2,1-4H3,(H,101,102)(H,103,105)(H,104,106)(H,107,108). The Morgan fingerprint density at radius 2 is 0.353 bits per heavy atom. The van der Waals surface area contributed by atoms with E-state index in [-0.39, 0.29) is 23.7 Å². The van der Waals surface area contributed by atoms with Crippen LogP contribution in [-0.4, -0.2) is 39.9 Å². The summed E-state index contributed by atoms with van der Waals surface area (Å²) in [5.41, 5.74) is 14.9. The number of unbranched alkanes of at least 4 members (excludes halogenated alkanes) is 32. The maximum Gasteiger partial charge on any atom is 0.172 e. The third-order valence-electron chi connectivity index (χ3n) is 25.7. The van der Waals surface area contributed by atoms with Crippen LogP contribution in [0, 0.1) is 0 Å². The van der Waals surface area contributed by atoms with Crippen molar-refractivity contribution in [3.63, 3.8) is 0 Å². The quantitative estimate of drug-likeness (QED) is 0.0267. The van der Waals surface area contributed by atoms with E-state index >= 15 is 0 Å². The molecule has 4 aliphatic heterocycles. The Morgan fingerprint density at radius 3 is 0.534 bits per heavy atom. The molecule has 4 atom stereocenters. The van der Waals surface area contributed by atoms with Crippen LogP contribution in [-0.2, 0) is 0 Å². The Morgan fingerprint density at radius 1 is 0.190 bits per heavy atom. The van der Waals surface area contributed by atoms with Crippen molar-refractivity contribution in [1.29, 1.82) is 0 Å². The van der Waals surface area contributed by atoms with E-state index in [9.17, 15) is 0 Å². The van der Waals surface area contributed by atoms with Gasteiger partial charge in [-0.3, -0.25) is 0 Å². The Balaban J connectivity index is 0.950. The van der Waals surface area contributed by atoms with Gasteiger partial charge >= 0.3 is 0 Å². The van der Waals surface area contributed by atoms with Crippen molar-refractivity contribution in [1.82, 2.24) is 39.9 Å². The Bertz CT molecular complexity index is 4430. The Kier molecular flexibility index (Phi) is 25.4. The van der Waals surface area contributed by atoms with Crippen LogP contribution in [0.25, 0.3) is 44.1 Å². The van der Waals surface area contributed by atoms with Crippen LogP contribution < -0.4 is 37.9 Å². The van der Waals surface area contributed by atoms with Crippen molar-refractivity contribution in [2.24, 2.45) is 0 Å². The minimum atomic E-state index is -0.267. The van der Waals surface area contributed by atoms with E-state index in [2.05, 4.69) is 96.2 Å². The summed E-state index contributed by atoms with van der Waals surface area (Å²) in [7, 11) is 0. The Labute approximate surface area is 685 Å². The van der Waals surface area contributed by atoms with E-state index in [1.165, 1.54) is 154 Å². The lowest BCUT2D eigenvalue weighted by molar-refractivity contribution is 0.401. The van der Waals surface area contributed by atoms with Gasteiger partial charge in [-0.05, 0) is 49.9 Å². The number of imidazole rings is 4. The number of H-pyrrole nitrogens is 4. The molecule has 0 fully saturated rings. The summed E-state index contributed by atoms with van der Waals surface area (Å²) in [6, 6.07) is 35.2. The molecule has 1 aliphatic carbocycles. The summed E-state index contributed by atoms with van der Waals surface area (Å²) >= 11 is 0. The summed E-state index contributed by atoms with van der Waals surface area (Å²) in [6.45, 7) is 9.22. The number of hydrogen-bond donors (Lipinski definition) is 4. The zero-order valence-electron chi connectivity index (χ0n) is 69.2. The summed E-state index contributed by atoms with van der Waals surface area (Å²) in [6.07, 6.45) is 53.4. The van der Waals surface area contributed by atoms with Crippen LogP contribution in [0.4, 0.5) is 0 Å². The van der Waals surface area contributed by atoms with E-state index in [1.54, 1.807) is 25.3 Å². The fourth-order valence-electron chi connectivity index (χ4n) is 19.2. The third kappa shape index (κ3) is 17.7. The van der Waals surface area contributed by atoms with Gasteiger partial charge in [-0.2, -0.15) is 0 Å². The molecule has 4 aromatic heterocycles. The molecule has 116 heavy (non-hydrogen) atoms. The van der Waals surface area contributed by atoms with Gasteiger partial charge in [-0.25, -0.2) is 19.9 Å². The molecule has 16 nitrogen and oxygen atoms in total. The normalized spacial score (nSPS) is 16.0. The largest absolute Gasteiger partial charge is 0.453 e. The molecule has 8 bridgehead atoms. The van der Waals surface area contributed by atoms with E-state index in [1.807, 2.05) is 48.5 Å². The van der Waals surface area contributed by atoms with E-state index in [0.717, 1.165) is 191 Å². The molecule has 8 aromatic carbocycles. The molecule has 5 aliphatic rings. The molecule has 17 rings (SSSR count). The SMILES string of the molecule is CCCCCCCCCCCC1c2cc3c4cc2Oc2cc5nc[nH]c5cc2Oc2cc5c(cc21)C(CCCCCCCCCCC)c1cc2c(cc1Oc1cc6[nH]cnc6cc1O5)Oc1cc5nc[nH]c5cc1Oc1cc(c(cc1C2CCCCCCCCCCC)C3CCCCCCCCCCC)Oc1cc2[nH]cnc2cc1O4. The van der Waals surface area contributed by atoms with Crippen molar-refractivity contribution in [2.45, 2.75) is 308 Å². The minimum absolute atomic E-state index is 0.265. The number of hydrogen-bond acceptors (Lipinski definition) is 12. The zero-order valence-corrected chi connectivity index (χ0v) is 69.2. The number of benzene rings is 8. The number of aromatic nitrogens is 8. The molecule has 8 heterocycles. The van der Waals surface area contributed by atoms with Crippen LogP contribution in [0.1, 0.15) is 353 Å². The first-order valence-corrected chi connectivity index (χ1v) is 45.4. The van der Waals surface area contributed by atoms with Gasteiger partial charge in [0.2, 0.25) is 0 Å². The predicted molar refractivity (Wildman–Crippen MR) is 465 cm³/mol. The molecule has 12 aromatic rings. The van der Waals surface area contributed by atoms with Gasteiger partial charge in [0.05, 0.1) is 69.4 Å². The lowest BCUT2D eigenvalue weighted by Gasteiger charge is -2.30. The second kappa shape index (κ2) is 37.5. The second-order valence-electron chi connectivity index (χ2n) is 34.1. The summed E-state index contributed by atoms with van der Waals surface area (Å²) in [5.74, 6) is 8.80. The molecule has 0 saturated heterocycles. The molecule has 0 amide bonds. The highest BCUT2D eigenvalue weighted by atomic mass is 16.5. The van der Waals surface area contributed by atoms with Gasteiger partial charge < -0.3 is 57.8 Å². The van der Waals surface area contributed by atoms with Gasteiger partial charge in [0.25, 0.3) is 0 Å². The molecule has 4 N–H and O–H groups in total. The topological polar surface area (TPSA) is 189 Å². The minimum Gasteiger partial charge on any atom is -0.453 e. The molecule has 16 heteroatoms. The fourth-order valence-corrected chi connectivity index (χ4v) is 19.2. The molecule has 4 unspecified atom stereocenters. The van der Waals surface area contributed by atoms with E-state index < -0.39 is 0 Å². The summed E-state index contributed by atoms with van der Waals surface area (Å²) < 4.78 is 62.0. The van der Waals surface area contributed by atoms with Crippen molar-refractivity contribution in [3.05, 3.63) is 167 Å². The number of rotatable bonds is 40. The smallest absolute Gasteiger partial charge is 0.172 e. The van der Waals surface area contributed by atoms with Gasteiger partial charge in [0.15, 0.2) is 46.0 Å². The Hall–Kier alpha value is -9.96. The highest BCUT2D eigenvalue weighted by Gasteiger charge is 2.40. The highest BCUT2D eigenvalue weighted by molar-refractivity contribution is 5.84. The maximum absolute atomic E-state index is 7.76. The summed E-state index contributed by atoms with van der Waals surface area (Å²) in [5, 5.41) is 0. The number of aromatic amines is 4. The van der Waals surface area contributed by atoms with E-state index in [0.29, 0.717) is 92.0 Å². The third-order valence-corrected chi connectivity index (χ3v) is 25.7. The molecule has 0 radical (unpaired) electrons. The maximum atomic E-state index is 7.76. The fraction of sp³-hybridized carbons (Fsp3) is 0.480. The number of nitrogens with one attached hydrogen (secondary N) is 4. The van der Waals surface area contributed by atoms with Crippen LogP contribution in [0.3, 0.4) is 0 Å². The molecular weight excluding hydrogens is 1440 g/mol. The number of fused-ring (bicyclic) bond motifs is 8. The number of ether oxygens (including phenoxy) is 8. The van der Waals surface area contributed by atoms with Crippen LogP contribution in [0.15, 0.2) is 122 Å². The van der Waals surface area contributed by atoms with Crippen molar-refractivity contribution < 1.29 is 37.9 Å². The molecule has 0 spiro atoms. The van der Waals surface area contributed by atoms with Crippen LogP contribution in [0.5, 0.6) is 92.0 Å². The zero-order chi connectivity index (χ0) is 78.5. The van der Waals surface area contributed by atoms with Crippen LogP contribution >= 0.6 is 0 Å². The van der Waals surface area contributed by atoms with Crippen molar-refractivity contribution >= 4 is 44.1 Å². The lowest BCUT2D eigenvalue weighted by atomic mass is 9.76. The van der Waals surface area contributed by atoms with Gasteiger partial charge in [0, 0.05) is 141 Å². The van der Waals surface area contributed by atoms with Gasteiger partial charge in [0.1, 0.15) is 46.0 Å². The first-order valence-electron chi connectivity index (χ1n) is 45.4. The van der Waals surface area contributed by atoms with Crippen LogP contribution in [0.2, 0.25) is 0 Å². The average Bonchev–Trinajstić information content (AvgIpc) is 1.45.